The minimum absolute atomic E-state index is 0.383. The van der Waals surface area contributed by atoms with E-state index in [0.717, 1.165) is 25.3 Å². The molecular formula is C15H23NO2. The molecule has 3 heteroatoms. The molecule has 1 heterocycles. The van der Waals surface area contributed by atoms with Crippen LogP contribution in [0, 0.1) is 5.92 Å². The average Bonchev–Trinajstić information content (AvgIpc) is 2.40. The molecule has 0 aromatic heterocycles. The zero-order valence-electron chi connectivity index (χ0n) is 11.3. The third-order valence-corrected chi connectivity index (χ3v) is 3.76. The van der Waals surface area contributed by atoms with E-state index in [0.29, 0.717) is 5.92 Å². The highest BCUT2D eigenvalue weighted by Crippen LogP contribution is 2.24. The van der Waals surface area contributed by atoms with Crippen molar-refractivity contribution in [1.29, 1.82) is 0 Å². The quantitative estimate of drug-likeness (QED) is 0.890. The molecule has 1 fully saturated rings. The van der Waals surface area contributed by atoms with Gasteiger partial charge in [-0.05, 0) is 43.4 Å². The Bertz CT molecular complexity index is 353. The molecule has 1 aromatic carbocycles. The Kier molecular flexibility index (Phi) is 4.61. The number of anilines is 1. The van der Waals surface area contributed by atoms with Gasteiger partial charge in [0.2, 0.25) is 0 Å². The Morgan fingerprint density at radius 1 is 1.28 bits per heavy atom. The molecule has 0 radical (unpaired) electrons. The summed E-state index contributed by atoms with van der Waals surface area (Å²) in [6, 6.07) is 8.25. The summed E-state index contributed by atoms with van der Waals surface area (Å²) in [5, 5.41) is 9.49. The SMILES string of the molecule is COCC1CCN(c2ccc([C@@H](C)O)cc2)CC1. The van der Waals surface area contributed by atoms with Crippen molar-refractivity contribution in [2.45, 2.75) is 25.9 Å². The lowest BCUT2D eigenvalue weighted by Gasteiger charge is -2.33. The molecule has 0 bridgehead atoms. The van der Waals surface area contributed by atoms with Gasteiger partial charge in [0.15, 0.2) is 0 Å². The second-order valence-electron chi connectivity index (χ2n) is 5.15. The Labute approximate surface area is 109 Å². The van der Waals surface area contributed by atoms with Crippen LogP contribution in [0.1, 0.15) is 31.4 Å². The van der Waals surface area contributed by atoms with Crippen LogP contribution in [0.15, 0.2) is 24.3 Å². The van der Waals surface area contributed by atoms with E-state index < -0.39 is 0 Å². The number of hydrogen-bond donors (Lipinski definition) is 1. The predicted octanol–water partition coefficient (Wildman–Crippen LogP) is 2.60. The van der Waals surface area contributed by atoms with Gasteiger partial charge < -0.3 is 14.7 Å². The Hall–Kier alpha value is -1.06. The van der Waals surface area contributed by atoms with Gasteiger partial charge in [-0.2, -0.15) is 0 Å². The maximum atomic E-state index is 9.49. The molecule has 1 aromatic rings. The molecule has 100 valence electrons. The van der Waals surface area contributed by atoms with Crippen molar-refractivity contribution in [2.24, 2.45) is 5.92 Å². The summed E-state index contributed by atoms with van der Waals surface area (Å²) in [7, 11) is 1.78. The fourth-order valence-electron chi connectivity index (χ4n) is 2.56. The zero-order chi connectivity index (χ0) is 13.0. The van der Waals surface area contributed by atoms with Crippen LogP contribution in [0.3, 0.4) is 0 Å². The molecule has 1 N–H and O–H groups in total. The standard InChI is InChI=1S/C15H23NO2/c1-12(17)14-3-5-15(6-4-14)16-9-7-13(8-10-16)11-18-2/h3-6,12-13,17H,7-11H2,1-2H3/t12-/m1/s1. The lowest BCUT2D eigenvalue weighted by molar-refractivity contribution is 0.139. The third-order valence-electron chi connectivity index (χ3n) is 3.76. The second kappa shape index (κ2) is 6.21. The molecule has 1 atom stereocenters. The van der Waals surface area contributed by atoms with E-state index >= 15 is 0 Å². The van der Waals surface area contributed by atoms with E-state index in [2.05, 4.69) is 17.0 Å². The van der Waals surface area contributed by atoms with Gasteiger partial charge in [0.25, 0.3) is 0 Å². The monoisotopic (exact) mass is 249 g/mol. The highest BCUT2D eigenvalue weighted by Gasteiger charge is 2.19. The third kappa shape index (κ3) is 3.24. The van der Waals surface area contributed by atoms with Crippen LogP contribution < -0.4 is 4.90 Å². The van der Waals surface area contributed by atoms with Crippen LogP contribution in [0.25, 0.3) is 0 Å². The molecule has 0 amide bonds. The van der Waals surface area contributed by atoms with Gasteiger partial charge in [-0.3, -0.25) is 0 Å². The number of nitrogens with zero attached hydrogens (tertiary/aromatic N) is 1. The van der Waals surface area contributed by atoms with Gasteiger partial charge in [0.1, 0.15) is 0 Å². The van der Waals surface area contributed by atoms with Crippen LogP contribution >= 0.6 is 0 Å². The van der Waals surface area contributed by atoms with Crippen LogP contribution in [0.4, 0.5) is 5.69 Å². The summed E-state index contributed by atoms with van der Waals surface area (Å²) in [4.78, 5) is 2.41. The first kappa shape index (κ1) is 13.4. The first-order chi connectivity index (χ1) is 8.70. The van der Waals surface area contributed by atoms with E-state index in [1.54, 1.807) is 14.0 Å². The highest BCUT2D eigenvalue weighted by molar-refractivity contribution is 5.48. The lowest BCUT2D eigenvalue weighted by atomic mass is 9.97. The van der Waals surface area contributed by atoms with Gasteiger partial charge in [0.05, 0.1) is 6.10 Å². The van der Waals surface area contributed by atoms with Crippen LogP contribution in [-0.2, 0) is 4.74 Å². The summed E-state index contributed by atoms with van der Waals surface area (Å²) in [5.41, 5.74) is 2.24. The van der Waals surface area contributed by atoms with E-state index in [-0.39, 0.29) is 6.10 Å². The number of piperidine rings is 1. The number of methoxy groups -OCH3 is 1. The number of ether oxygens (including phenoxy) is 1. The lowest BCUT2D eigenvalue weighted by Crippen LogP contribution is -2.34. The van der Waals surface area contributed by atoms with Crippen LogP contribution in [0.2, 0.25) is 0 Å². The maximum absolute atomic E-state index is 9.49. The molecule has 18 heavy (non-hydrogen) atoms. The van der Waals surface area contributed by atoms with Crippen molar-refractivity contribution in [2.75, 3.05) is 31.7 Å². The maximum Gasteiger partial charge on any atom is 0.0761 e. The van der Waals surface area contributed by atoms with Crippen molar-refractivity contribution in [3.05, 3.63) is 29.8 Å². The van der Waals surface area contributed by atoms with E-state index in [4.69, 9.17) is 4.74 Å². The van der Waals surface area contributed by atoms with E-state index in [1.165, 1.54) is 18.5 Å². The predicted molar refractivity (Wildman–Crippen MR) is 73.9 cm³/mol. The number of aliphatic hydroxyl groups is 1. The van der Waals surface area contributed by atoms with Gasteiger partial charge in [0, 0.05) is 32.5 Å². The molecule has 0 spiro atoms. The van der Waals surface area contributed by atoms with Gasteiger partial charge >= 0.3 is 0 Å². The normalized spacial score (nSPS) is 18.9. The molecule has 1 aliphatic rings. The average molecular weight is 249 g/mol. The molecular weight excluding hydrogens is 226 g/mol. The van der Waals surface area contributed by atoms with Gasteiger partial charge in [-0.1, -0.05) is 12.1 Å². The Balaban J connectivity index is 1.93. The second-order valence-corrected chi connectivity index (χ2v) is 5.15. The summed E-state index contributed by atoms with van der Waals surface area (Å²) < 4.78 is 5.22. The smallest absolute Gasteiger partial charge is 0.0761 e. The zero-order valence-corrected chi connectivity index (χ0v) is 11.3. The summed E-state index contributed by atoms with van der Waals surface area (Å²) in [6.07, 6.45) is 2.02. The Morgan fingerprint density at radius 3 is 2.39 bits per heavy atom. The van der Waals surface area contributed by atoms with Crippen molar-refractivity contribution in [3.63, 3.8) is 0 Å². The Morgan fingerprint density at radius 2 is 1.89 bits per heavy atom. The van der Waals surface area contributed by atoms with Gasteiger partial charge in [-0.15, -0.1) is 0 Å². The highest BCUT2D eigenvalue weighted by atomic mass is 16.5. The fourth-order valence-corrected chi connectivity index (χ4v) is 2.56. The molecule has 1 aliphatic heterocycles. The number of aliphatic hydroxyl groups excluding tert-OH is 1. The molecule has 0 unspecified atom stereocenters. The van der Waals surface area contributed by atoms with Gasteiger partial charge in [-0.25, -0.2) is 0 Å². The van der Waals surface area contributed by atoms with E-state index in [9.17, 15) is 5.11 Å². The fraction of sp³-hybridized carbons (Fsp3) is 0.600. The van der Waals surface area contributed by atoms with Crippen molar-refractivity contribution >= 4 is 5.69 Å². The van der Waals surface area contributed by atoms with E-state index in [1.807, 2.05) is 12.1 Å². The van der Waals surface area contributed by atoms with Crippen LogP contribution in [-0.4, -0.2) is 31.9 Å². The molecule has 3 nitrogen and oxygen atoms in total. The topological polar surface area (TPSA) is 32.7 Å². The minimum atomic E-state index is -0.383. The van der Waals surface area contributed by atoms with Crippen LogP contribution in [0.5, 0.6) is 0 Å². The molecule has 2 rings (SSSR count). The number of benzene rings is 1. The minimum Gasteiger partial charge on any atom is -0.389 e. The first-order valence-electron chi connectivity index (χ1n) is 6.72. The largest absolute Gasteiger partial charge is 0.389 e. The molecule has 1 saturated heterocycles. The summed E-state index contributed by atoms with van der Waals surface area (Å²) >= 11 is 0. The number of rotatable bonds is 4. The first-order valence-corrected chi connectivity index (χ1v) is 6.72. The molecule has 0 saturated carbocycles. The number of hydrogen-bond acceptors (Lipinski definition) is 3. The van der Waals surface area contributed by atoms with Crippen molar-refractivity contribution in [1.82, 2.24) is 0 Å². The summed E-state index contributed by atoms with van der Waals surface area (Å²) in [5.74, 6) is 0.711. The summed E-state index contributed by atoms with van der Waals surface area (Å²) in [6.45, 7) is 4.88. The molecule has 0 aliphatic carbocycles. The van der Waals surface area contributed by atoms with Crippen molar-refractivity contribution < 1.29 is 9.84 Å². The van der Waals surface area contributed by atoms with Crippen molar-refractivity contribution in [3.8, 4) is 0 Å².